The van der Waals surface area contributed by atoms with E-state index in [1.54, 1.807) is 18.3 Å². The van der Waals surface area contributed by atoms with Crippen LogP contribution in [0.5, 0.6) is 0 Å². The molecular formula is C17H20ClN3O. The van der Waals surface area contributed by atoms with Crippen LogP contribution in [-0.4, -0.2) is 15.9 Å². The van der Waals surface area contributed by atoms with E-state index in [9.17, 15) is 4.79 Å². The lowest BCUT2D eigenvalue weighted by molar-refractivity contribution is -0.120. The van der Waals surface area contributed by atoms with E-state index >= 15 is 0 Å². The Bertz CT molecular complexity index is 665. The third-order valence-corrected chi connectivity index (χ3v) is 3.46. The van der Waals surface area contributed by atoms with Gasteiger partial charge in [0.25, 0.3) is 0 Å². The maximum Gasteiger partial charge on any atom is 0.224 e. The number of hydrogen-bond acceptors (Lipinski definition) is 3. The Labute approximate surface area is 135 Å². The molecule has 2 aromatic rings. The molecule has 0 spiro atoms. The minimum Gasteiger partial charge on any atom is -0.352 e. The highest BCUT2D eigenvalue weighted by Crippen LogP contribution is 2.22. The summed E-state index contributed by atoms with van der Waals surface area (Å²) in [6.45, 7) is 6.69. The highest BCUT2D eigenvalue weighted by molar-refractivity contribution is 6.30. The molecule has 0 bridgehead atoms. The zero-order valence-electron chi connectivity index (χ0n) is 13.1. The lowest BCUT2D eigenvalue weighted by atomic mass is 9.89. The van der Waals surface area contributed by atoms with Crippen molar-refractivity contribution in [1.29, 1.82) is 0 Å². The number of halogens is 1. The second-order valence-electron chi connectivity index (χ2n) is 6.23. The van der Waals surface area contributed by atoms with Gasteiger partial charge in [-0.15, -0.1) is 0 Å². The molecule has 1 amide bonds. The number of rotatable bonds is 4. The average molecular weight is 318 g/mol. The van der Waals surface area contributed by atoms with Gasteiger partial charge < -0.3 is 5.32 Å². The first-order valence-corrected chi connectivity index (χ1v) is 7.54. The minimum absolute atomic E-state index is 0.0500. The molecule has 22 heavy (non-hydrogen) atoms. The van der Waals surface area contributed by atoms with E-state index in [1.807, 2.05) is 12.1 Å². The topological polar surface area (TPSA) is 54.9 Å². The van der Waals surface area contributed by atoms with E-state index in [0.717, 1.165) is 16.8 Å². The van der Waals surface area contributed by atoms with Gasteiger partial charge in [0.15, 0.2) is 0 Å². The van der Waals surface area contributed by atoms with E-state index < -0.39 is 0 Å². The first kappa shape index (κ1) is 16.4. The zero-order chi connectivity index (χ0) is 16.2. The molecule has 1 aromatic heterocycles. The molecule has 0 radical (unpaired) electrons. The Morgan fingerprint density at radius 3 is 2.77 bits per heavy atom. The van der Waals surface area contributed by atoms with Gasteiger partial charge in [0.05, 0.1) is 12.1 Å². The van der Waals surface area contributed by atoms with Gasteiger partial charge in [-0.05, 0) is 17.7 Å². The molecule has 2 rings (SSSR count). The summed E-state index contributed by atoms with van der Waals surface area (Å²) in [4.78, 5) is 20.5. The van der Waals surface area contributed by atoms with Gasteiger partial charge in [-0.1, -0.05) is 44.5 Å². The molecule has 0 atom stereocenters. The second kappa shape index (κ2) is 6.88. The predicted molar refractivity (Wildman–Crippen MR) is 87.7 cm³/mol. The molecule has 0 saturated heterocycles. The number of benzene rings is 1. The summed E-state index contributed by atoms with van der Waals surface area (Å²) in [7, 11) is 0. The van der Waals surface area contributed by atoms with Gasteiger partial charge in [-0.3, -0.25) is 4.79 Å². The lowest BCUT2D eigenvalue weighted by Gasteiger charge is -2.21. The predicted octanol–water partition coefficient (Wildman–Crippen LogP) is 3.29. The fourth-order valence-corrected chi connectivity index (χ4v) is 2.46. The van der Waals surface area contributed by atoms with Crippen LogP contribution in [0.15, 0.2) is 36.8 Å². The van der Waals surface area contributed by atoms with Gasteiger partial charge in [0, 0.05) is 28.7 Å². The Hall–Kier alpha value is -1.94. The van der Waals surface area contributed by atoms with Crippen LogP contribution >= 0.6 is 11.6 Å². The van der Waals surface area contributed by atoms with Gasteiger partial charge >= 0.3 is 0 Å². The van der Waals surface area contributed by atoms with E-state index in [4.69, 9.17) is 11.6 Å². The minimum atomic E-state index is -0.0873. The monoisotopic (exact) mass is 317 g/mol. The van der Waals surface area contributed by atoms with Crippen molar-refractivity contribution in [3.8, 4) is 0 Å². The molecule has 5 heteroatoms. The molecule has 0 unspecified atom stereocenters. The van der Waals surface area contributed by atoms with Gasteiger partial charge in [-0.2, -0.15) is 0 Å². The molecule has 116 valence electrons. The van der Waals surface area contributed by atoms with Crippen LogP contribution in [-0.2, 0) is 23.2 Å². The summed E-state index contributed by atoms with van der Waals surface area (Å²) in [5, 5.41) is 3.55. The summed E-state index contributed by atoms with van der Waals surface area (Å²) >= 11 is 5.92. The molecule has 0 aliphatic rings. The first-order chi connectivity index (χ1) is 10.4. The highest BCUT2D eigenvalue weighted by Gasteiger charge is 2.19. The van der Waals surface area contributed by atoms with Crippen LogP contribution < -0.4 is 5.32 Å². The van der Waals surface area contributed by atoms with Gasteiger partial charge in [0.1, 0.15) is 6.33 Å². The Kier molecular flexibility index (Phi) is 5.14. The quantitative estimate of drug-likeness (QED) is 0.941. The molecular weight excluding hydrogens is 298 g/mol. The fraction of sp³-hybridized carbons (Fsp3) is 0.353. The molecule has 0 aliphatic heterocycles. The number of nitrogens with zero attached hydrogens (tertiary/aromatic N) is 2. The van der Waals surface area contributed by atoms with E-state index in [0.29, 0.717) is 18.0 Å². The van der Waals surface area contributed by atoms with Crippen LogP contribution in [0.2, 0.25) is 5.02 Å². The van der Waals surface area contributed by atoms with Gasteiger partial charge in [0.2, 0.25) is 5.91 Å². The average Bonchev–Trinajstić information content (AvgIpc) is 2.44. The van der Waals surface area contributed by atoms with Crippen LogP contribution in [0.4, 0.5) is 0 Å². The number of aromatic nitrogens is 2. The van der Waals surface area contributed by atoms with Crippen molar-refractivity contribution in [1.82, 2.24) is 15.3 Å². The van der Waals surface area contributed by atoms with Crippen molar-refractivity contribution in [2.24, 2.45) is 0 Å². The van der Waals surface area contributed by atoms with Crippen molar-refractivity contribution >= 4 is 17.5 Å². The molecule has 1 N–H and O–H groups in total. The molecule has 0 saturated carbocycles. The largest absolute Gasteiger partial charge is 0.352 e. The van der Waals surface area contributed by atoms with Crippen LogP contribution in [0.3, 0.4) is 0 Å². The van der Waals surface area contributed by atoms with E-state index in [-0.39, 0.29) is 11.3 Å². The highest BCUT2D eigenvalue weighted by atomic mass is 35.5. The van der Waals surface area contributed by atoms with Crippen molar-refractivity contribution in [3.63, 3.8) is 0 Å². The summed E-state index contributed by atoms with van der Waals surface area (Å²) < 4.78 is 0. The number of carbonyl (C=O) groups excluding carboxylic acids is 1. The fourth-order valence-electron chi connectivity index (χ4n) is 2.25. The molecule has 4 nitrogen and oxygen atoms in total. The van der Waals surface area contributed by atoms with Crippen LogP contribution in [0.1, 0.15) is 37.6 Å². The second-order valence-corrected chi connectivity index (χ2v) is 6.67. The molecule has 1 aromatic carbocycles. The summed E-state index contributed by atoms with van der Waals surface area (Å²) in [6.07, 6.45) is 3.60. The van der Waals surface area contributed by atoms with Crippen molar-refractivity contribution in [2.75, 3.05) is 0 Å². The smallest absolute Gasteiger partial charge is 0.224 e. The Morgan fingerprint density at radius 2 is 2.09 bits per heavy atom. The molecule has 0 fully saturated rings. The van der Waals surface area contributed by atoms with E-state index in [2.05, 4.69) is 36.1 Å². The Morgan fingerprint density at radius 1 is 1.32 bits per heavy atom. The lowest BCUT2D eigenvalue weighted by Crippen LogP contribution is -2.27. The molecule has 0 aliphatic carbocycles. The van der Waals surface area contributed by atoms with Crippen molar-refractivity contribution in [3.05, 3.63) is 58.6 Å². The van der Waals surface area contributed by atoms with Crippen molar-refractivity contribution < 1.29 is 4.79 Å². The summed E-state index contributed by atoms with van der Waals surface area (Å²) in [5.74, 6) is -0.0500. The van der Waals surface area contributed by atoms with Crippen LogP contribution in [0.25, 0.3) is 0 Å². The zero-order valence-corrected chi connectivity index (χ0v) is 13.8. The first-order valence-electron chi connectivity index (χ1n) is 7.17. The SMILES string of the molecule is CC(C)(C)c1ncncc1CNC(=O)Cc1cccc(Cl)c1. The maximum atomic E-state index is 12.1. The van der Waals surface area contributed by atoms with Crippen molar-refractivity contribution in [2.45, 2.75) is 39.2 Å². The van der Waals surface area contributed by atoms with Gasteiger partial charge in [-0.25, -0.2) is 9.97 Å². The summed E-state index contributed by atoms with van der Waals surface area (Å²) in [5.41, 5.74) is 2.70. The number of carbonyl (C=O) groups is 1. The number of amides is 1. The summed E-state index contributed by atoms with van der Waals surface area (Å²) in [6, 6.07) is 7.32. The molecule has 1 heterocycles. The number of hydrogen-bond donors (Lipinski definition) is 1. The normalized spacial score (nSPS) is 11.3. The standard InChI is InChI=1S/C17H20ClN3O/c1-17(2,3)16-13(9-19-11-21-16)10-20-15(22)8-12-5-4-6-14(18)7-12/h4-7,9,11H,8,10H2,1-3H3,(H,20,22). The number of nitrogens with one attached hydrogen (secondary N) is 1. The maximum absolute atomic E-state index is 12.1. The van der Waals surface area contributed by atoms with E-state index in [1.165, 1.54) is 6.33 Å². The third kappa shape index (κ3) is 4.53. The Balaban J connectivity index is 2.00. The van der Waals surface area contributed by atoms with Crippen LogP contribution in [0, 0.1) is 0 Å². The third-order valence-electron chi connectivity index (χ3n) is 3.23.